The molecule has 0 aliphatic carbocycles. The lowest BCUT2D eigenvalue weighted by molar-refractivity contribution is -0.119. The van der Waals surface area contributed by atoms with E-state index in [-0.39, 0.29) is 5.91 Å². The summed E-state index contributed by atoms with van der Waals surface area (Å²) in [6.07, 6.45) is 2.63. The molecular formula is C11H16N2O2S. The van der Waals surface area contributed by atoms with Crippen molar-refractivity contribution >= 4 is 17.2 Å². The van der Waals surface area contributed by atoms with Crippen LogP contribution < -0.4 is 5.32 Å². The van der Waals surface area contributed by atoms with Crippen LogP contribution in [0, 0.1) is 0 Å². The van der Waals surface area contributed by atoms with Crippen molar-refractivity contribution in [2.24, 2.45) is 0 Å². The molecule has 0 aromatic carbocycles. The van der Waals surface area contributed by atoms with Crippen LogP contribution in [0.1, 0.15) is 29.5 Å². The van der Waals surface area contributed by atoms with Crippen molar-refractivity contribution in [2.45, 2.75) is 25.2 Å². The van der Waals surface area contributed by atoms with Gasteiger partial charge in [0.25, 0.3) is 0 Å². The Morgan fingerprint density at radius 1 is 1.75 bits per heavy atom. The highest BCUT2D eigenvalue weighted by Gasteiger charge is 2.19. The van der Waals surface area contributed by atoms with Crippen molar-refractivity contribution in [1.82, 2.24) is 10.3 Å². The number of nitrogens with one attached hydrogen (secondary N) is 1. The third-order valence-electron chi connectivity index (χ3n) is 2.74. The van der Waals surface area contributed by atoms with E-state index in [4.69, 9.17) is 4.74 Å². The zero-order chi connectivity index (χ0) is 11.4. The summed E-state index contributed by atoms with van der Waals surface area (Å²) < 4.78 is 5.43. The Hall–Kier alpha value is -0.940. The van der Waals surface area contributed by atoms with Crippen molar-refractivity contribution in [1.29, 1.82) is 0 Å². The molecule has 1 aromatic heterocycles. The molecule has 2 heterocycles. The van der Waals surface area contributed by atoms with Crippen molar-refractivity contribution in [3.05, 3.63) is 16.1 Å². The Morgan fingerprint density at radius 3 is 3.31 bits per heavy atom. The van der Waals surface area contributed by atoms with E-state index in [1.807, 2.05) is 0 Å². The van der Waals surface area contributed by atoms with Gasteiger partial charge in [0.1, 0.15) is 5.01 Å². The first-order valence-electron chi connectivity index (χ1n) is 5.52. The summed E-state index contributed by atoms with van der Waals surface area (Å²) in [5.41, 5.74) is 1.09. The summed E-state index contributed by atoms with van der Waals surface area (Å²) in [7, 11) is 1.64. The highest BCUT2D eigenvalue weighted by Crippen LogP contribution is 2.26. The van der Waals surface area contributed by atoms with Gasteiger partial charge in [0, 0.05) is 25.0 Å². The summed E-state index contributed by atoms with van der Waals surface area (Å²) in [4.78, 5) is 15.7. The number of nitrogens with zero attached hydrogens (tertiary/aromatic N) is 1. The van der Waals surface area contributed by atoms with Crippen molar-refractivity contribution in [3.8, 4) is 0 Å². The summed E-state index contributed by atoms with van der Waals surface area (Å²) in [6.45, 7) is 1.63. The molecule has 0 radical (unpaired) electrons. The molecule has 1 aromatic rings. The maximum Gasteiger partial charge on any atom is 0.226 e. The fourth-order valence-corrected chi connectivity index (χ4v) is 2.67. The average molecular weight is 240 g/mol. The summed E-state index contributed by atoms with van der Waals surface area (Å²) >= 11 is 1.56. The second kappa shape index (κ2) is 5.41. The van der Waals surface area contributed by atoms with Crippen LogP contribution in [0.3, 0.4) is 0 Å². The number of rotatable bonds is 3. The SMILES string of the molecule is CNC(=O)Cc1nc(C2CCCOC2)cs1. The molecule has 1 unspecified atom stereocenters. The predicted molar refractivity (Wildman–Crippen MR) is 62.7 cm³/mol. The number of hydrogen-bond acceptors (Lipinski definition) is 4. The van der Waals surface area contributed by atoms with Crippen molar-refractivity contribution < 1.29 is 9.53 Å². The Kier molecular flexibility index (Phi) is 3.90. The van der Waals surface area contributed by atoms with Gasteiger partial charge < -0.3 is 10.1 Å². The highest BCUT2D eigenvalue weighted by atomic mass is 32.1. The number of aromatic nitrogens is 1. The van der Waals surface area contributed by atoms with Gasteiger partial charge >= 0.3 is 0 Å². The molecule has 0 spiro atoms. The second-order valence-corrected chi connectivity index (χ2v) is 4.87. The number of likely N-dealkylation sites (N-methyl/N-ethyl adjacent to an activating group) is 1. The zero-order valence-corrected chi connectivity index (χ0v) is 10.2. The van der Waals surface area contributed by atoms with E-state index in [1.165, 1.54) is 0 Å². The van der Waals surface area contributed by atoms with Crippen LogP contribution in [0.2, 0.25) is 0 Å². The fraction of sp³-hybridized carbons (Fsp3) is 0.636. The van der Waals surface area contributed by atoms with Gasteiger partial charge in [-0.15, -0.1) is 11.3 Å². The molecule has 1 amide bonds. The van der Waals surface area contributed by atoms with Crippen LogP contribution in [-0.2, 0) is 16.0 Å². The quantitative estimate of drug-likeness (QED) is 0.867. The van der Waals surface area contributed by atoms with Crippen LogP contribution in [0.15, 0.2) is 5.38 Å². The third-order valence-corrected chi connectivity index (χ3v) is 3.61. The number of carbonyl (C=O) groups is 1. The van der Waals surface area contributed by atoms with Gasteiger partial charge in [-0.2, -0.15) is 0 Å². The fourth-order valence-electron chi connectivity index (χ4n) is 1.79. The Labute approximate surface area is 99.0 Å². The average Bonchev–Trinajstić information content (AvgIpc) is 2.78. The number of ether oxygens (including phenoxy) is 1. The largest absolute Gasteiger partial charge is 0.381 e. The normalized spacial score (nSPS) is 20.7. The first kappa shape index (κ1) is 11.5. The molecule has 1 aliphatic heterocycles. The van der Waals surface area contributed by atoms with Gasteiger partial charge in [0.15, 0.2) is 0 Å². The Morgan fingerprint density at radius 2 is 2.62 bits per heavy atom. The maximum atomic E-state index is 11.2. The summed E-state index contributed by atoms with van der Waals surface area (Å²) in [6, 6.07) is 0. The maximum absolute atomic E-state index is 11.2. The number of hydrogen-bond donors (Lipinski definition) is 1. The van der Waals surface area contributed by atoms with Gasteiger partial charge in [-0.1, -0.05) is 0 Å². The lowest BCUT2D eigenvalue weighted by atomic mass is 10.00. The van der Waals surface area contributed by atoms with Crippen molar-refractivity contribution in [3.63, 3.8) is 0 Å². The first-order valence-corrected chi connectivity index (χ1v) is 6.40. The molecule has 1 fully saturated rings. The molecule has 88 valence electrons. The monoisotopic (exact) mass is 240 g/mol. The number of thiazole rings is 1. The topological polar surface area (TPSA) is 51.2 Å². The highest BCUT2D eigenvalue weighted by molar-refractivity contribution is 7.09. The molecule has 1 aliphatic rings. The van der Waals surface area contributed by atoms with Crippen LogP contribution >= 0.6 is 11.3 Å². The van der Waals surface area contributed by atoms with Gasteiger partial charge in [-0.05, 0) is 12.8 Å². The molecule has 4 nitrogen and oxygen atoms in total. The van der Waals surface area contributed by atoms with E-state index in [0.717, 1.165) is 36.8 Å². The van der Waals surface area contributed by atoms with Crippen molar-refractivity contribution in [2.75, 3.05) is 20.3 Å². The number of carbonyl (C=O) groups excluding carboxylic acids is 1. The first-order chi connectivity index (χ1) is 7.79. The second-order valence-electron chi connectivity index (χ2n) is 3.93. The summed E-state index contributed by atoms with van der Waals surface area (Å²) in [5, 5.41) is 5.55. The lowest BCUT2D eigenvalue weighted by Gasteiger charge is -2.20. The molecule has 1 N–H and O–H groups in total. The lowest BCUT2D eigenvalue weighted by Crippen LogP contribution is -2.20. The van der Waals surface area contributed by atoms with Gasteiger partial charge in [0.2, 0.25) is 5.91 Å². The minimum Gasteiger partial charge on any atom is -0.381 e. The van der Waals surface area contributed by atoms with E-state index in [0.29, 0.717) is 12.3 Å². The molecule has 1 atom stereocenters. The molecule has 2 rings (SSSR count). The molecule has 16 heavy (non-hydrogen) atoms. The molecule has 0 bridgehead atoms. The van der Waals surface area contributed by atoms with Gasteiger partial charge in [0.05, 0.1) is 18.7 Å². The van der Waals surface area contributed by atoms with E-state index in [2.05, 4.69) is 15.7 Å². The van der Waals surface area contributed by atoms with E-state index < -0.39 is 0 Å². The van der Waals surface area contributed by atoms with E-state index >= 15 is 0 Å². The predicted octanol–water partition coefficient (Wildman–Crippen LogP) is 1.33. The van der Waals surface area contributed by atoms with E-state index in [1.54, 1.807) is 18.4 Å². The molecule has 0 saturated carbocycles. The molecule has 5 heteroatoms. The molecular weight excluding hydrogens is 224 g/mol. The van der Waals surface area contributed by atoms with Crippen LogP contribution in [-0.4, -0.2) is 31.2 Å². The van der Waals surface area contributed by atoms with Gasteiger partial charge in [-0.25, -0.2) is 4.98 Å². The zero-order valence-electron chi connectivity index (χ0n) is 9.36. The number of amides is 1. The third kappa shape index (κ3) is 2.80. The van der Waals surface area contributed by atoms with Crippen LogP contribution in [0.5, 0.6) is 0 Å². The molecule has 1 saturated heterocycles. The van der Waals surface area contributed by atoms with Crippen LogP contribution in [0.4, 0.5) is 0 Å². The smallest absolute Gasteiger partial charge is 0.226 e. The Bertz CT molecular complexity index is 359. The Balaban J connectivity index is 1.98. The van der Waals surface area contributed by atoms with E-state index in [9.17, 15) is 4.79 Å². The minimum atomic E-state index is 0.0146. The minimum absolute atomic E-state index is 0.0146. The van der Waals surface area contributed by atoms with Crippen LogP contribution in [0.25, 0.3) is 0 Å². The standard InChI is InChI=1S/C11H16N2O2S/c1-12-10(14)5-11-13-9(7-16-11)8-3-2-4-15-6-8/h7-8H,2-6H2,1H3,(H,12,14). The van der Waals surface area contributed by atoms with Gasteiger partial charge in [-0.3, -0.25) is 4.79 Å². The summed E-state index contributed by atoms with van der Waals surface area (Å²) in [5.74, 6) is 0.434.